The quantitative estimate of drug-likeness (QED) is 0.931. The van der Waals surface area contributed by atoms with Crippen molar-refractivity contribution in [2.75, 3.05) is 13.1 Å². The molecule has 1 fully saturated rings. The molecule has 5 heteroatoms. The second kappa shape index (κ2) is 7.13. The molecule has 1 atom stereocenters. The first-order valence-electron chi connectivity index (χ1n) is 8.79. The lowest BCUT2D eigenvalue weighted by Crippen LogP contribution is -2.57. The number of hydrogen-bond donors (Lipinski definition) is 1. The Balaban J connectivity index is 1.90. The van der Waals surface area contributed by atoms with Crippen LogP contribution in [0.3, 0.4) is 0 Å². The molecule has 0 spiro atoms. The molecule has 1 aliphatic heterocycles. The van der Waals surface area contributed by atoms with Crippen LogP contribution in [0.25, 0.3) is 11.3 Å². The van der Waals surface area contributed by atoms with Crippen molar-refractivity contribution >= 4 is 11.8 Å². The van der Waals surface area contributed by atoms with Gasteiger partial charge in [0.05, 0.1) is 0 Å². The highest BCUT2D eigenvalue weighted by molar-refractivity contribution is 5.98. The van der Waals surface area contributed by atoms with Crippen molar-refractivity contribution in [2.24, 2.45) is 13.0 Å². The fourth-order valence-electron chi connectivity index (χ4n) is 3.41. The van der Waals surface area contributed by atoms with E-state index in [1.165, 1.54) is 0 Å². The van der Waals surface area contributed by atoms with E-state index in [1.807, 2.05) is 54.1 Å². The van der Waals surface area contributed by atoms with Gasteiger partial charge in [0.15, 0.2) is 0 Å². The van der Waals surface area contributed by atoms with Crippen LogP contribution < -0.4 is 5.32 Å². The molecule has 3 rings (SSSR count). The maximum Gasteiger partial charge on any atom is 0.271 e. The lowest BCUT2D eigenvalue weighted by Gasteiger charge is -2.36. The van der Waals surface area contributed by atoms with Gasteiger partial charge in [0, 0.05) is 25.8 Å². The van der Waals surface area contributed by atoms with Crippen molar-refractivity contribution < 1.29 is 9.59 Å². The van der Waals surface area contributed by atoms with Gasteiger partial charge in [-0.25, -0.2) is 0 Å². The van der Waals surface area contributed by atoms with E-state index >= 15 is 0 Å². The van der Waals surface area contributed by atoms with Crippen molar-refractivity contribution in [2.45, 2.75) is 26.3 Å². The highest BCUT2D eigenvalue weighted by atomic mass is 16.2. The van der Waals surface area contributed by atoms with Gasteiger partial charge in [0.2, 0.25) is 5.91 Å². The fraction of sp³-hybridized carbons (Fsp3) is 0.400. The molecule has 1 aromatic heterocycles. The molecule has 1 aliphatic rings. The standard InChI is InChI=1S/C20H25N3O2/c1-14(2)13-18-19(24)21-11-12-23(18)20(25)17-10-9-16(22(17)3)15-7-5-4-6-8-15/h4-10,14,18H,11-13H2,1-3H3,(H,21,24). The molecule has 0 bridgehead atoms. The van der Waals surface area contributed by atoms with Crippen molar-refractivity contribution in [3.63, 3.8) is 0 Å². The van der Waals surface area contributed by atoms with Gasteiger partial charge < -0.3 is 14.8 Å². The number of piperazine rings is 1. The van der Waals surface area contributed by atoms with E-state index in [0.29, 0.717) is 31.1 Å². The van der Waals surface area contributed by atoms with Crippen LogP contribution in [0.5, 0.6) is 0 Å². The summed E-state index contributed by atoms with van der Waals surface area (Å²) in [6, 6.07) is 13.4. The average Bonchev–Trinajstić information content (AvgIpc) is 2.98. The Morgan fingerprint density at radius 3 is 2.60 bits per heavy atom. The van der Waals surface area contributed by atoms with Crippen molar-refractivity contribution in [1.29, 1.82) is 0 Å². The molecule has 0 aliphatic carbocycles. The molecule has 132 valence electrons. The normalized spacial score (nSPS) is 17.7. The molecule has 2 aromatic rings. The van der Waals surface area contributed by atoms with E-state index in [4.69, 9.17) is 0 Å². The Kier molecular flexibility index (Phi) is 4.93. The highest BCUT2D eigenvalue weighted by Crippen LogP contribution is 2.24. The summed E-state index contributed by atoms with van der Waals surface area (Å²) < 4.78 is 1.91. The molecule has 0 radical (unpaired) electrons. The predicted molar refractivity (Wildman–Crippen MR) is 98.1 cm³/mol. The minimum absolute atomic E-state index is 0.0502. The summed E-state index contributed by atoms with van der Waals surface area (Å²) in [5.74, 6) is 0.216. The number of aromatic nitrogens is 1. The lowest BCUT2D eigenvalue weighted by molar-refractivity contribution is -0.128. The van der Waals surface area contributed by atoms with Gasteiger partial charge >= 0.3 is 0 Å². The van der Waals surface area contributed by atoms with Gasteiger partial charge in [-0.05, 0) is 30.0 Å². The minimum atomic E-state index is -0.392. The zero-order chi connectivity index (χ0) is 18.0. The molecule has 5 nitrogen and oxygen atoms in total. The van der Waals surface area contributed by atoms with Crippen LogP contribution in [0, 0.1) is 5.92 Å². The number of hydrogen-bond acceptors (Lipinski definition) is 2. The summed E-state index contributed by atoms with van der Waals surface area (Å²) >= 11 is 0. The number of carbonyl (C=O) groups is 2. The first kappa shape index (κ1) is 17.3. The van der Waals surface area contributed by atoms with Gasteiger partial charge in [-0.2, -0.15) is 0 Å². The Labute approximate surface area is 148 Å². The van der Waals surface area contributed by atoms with Crippen LogP contribution in [0.15, 0.2) is 42.5 Å². The van der Waals surface area contributed by atoms with Gasteiger partial charge in [-0.3, -0.25) is 9.59 Å². The second-order valence-corrected chi connectivity index (χ2v) is 6.96. The predicted octanol–water partition coefficient (Wildman–Crippen LogP) is 2.68. The number of carbonyl (C=O) groups excluding carboxylic acids is 2. The number of rotatable bonds is 4. The summed E-state index contributed by atoms with van der Waals surface area (Å²) in [5.41, 5.74) is 2.67. The van der Waals surface area contributed by atoms with Gasteiger partial charge in [0.1, 0.15) is 11.7 Å². The highest BCUT2D eigenvalue weighted by Gasteiger charge is 2.34. The van der Waals surface area contributed by atoms with Crippen LogP contribution in [-0.4, -0.2) is 40.4 Å². The Bertz CT molecular complexity index is 765. The van der Waals surface area contributed by atoms with Crippen LogP contribution in [-0.2, 0) is 11.8 Å². The average molecular weight is 339 g/mol. The van der Waals surface area contributed by atoms with E-state index < -0.39 is 6.04 Å². The zero-order valence-electron chi connectivity index (χ0n) is 15.0. The summed E-state index contributed by atoms with van der Waals surface area (Å²) in [6.45, 7) is 5.20. The van der Waals surface area contributed by atoms with Crippen molar-refractivity contribution in [3.8, 4) is 11.3 Å². The first-order chi connectivity index (χ1) is 12.0. The summed E-state index contributed by atoms with van der Waals surface area (Å²) in [5, 5.41) is 2.88. The smallest absolute Gasteiger partial charge is 0.271 e. The third-order valence-electron chi connectivity index (χ3n) is 4.70. The second-order valence-electron chi connectivity index (χ2n) is 6.96. The third-order valence-corrected chi connectivity index (χ3v) is 4.70. The van der Waals surface area contributed by atoms with Gasteiger partial charge in [-0.15, -0.1) is 0 Å². The number of amides is 2. The monoisotopic (exact) mass is 339 g/mol. The van der Waals surface area contributed by atoms with E-state index in [0.717, 1.165) is 11.3 Å². The molecule has 2 heterocycles. The molecule has 1 aromatic carbocycles. The number of nitrogens with one attached hydrogen (secondary N) is 1. The summed E-state index contributed by atoms with van der Waals surface area (Å²) in [4.78, 5) is 27.1. The summed E-state index contributed by atoms with van der Waals surface area (Å²) in [7, 11) is 1.90. The molecule has 0 saturated carbocycles. The van der Waals surface area contributed by atoms with Crippen molar-refractivity contribution in [3.05, 3.63) is 48.2 Å². The molecule has 1 unspecified atom stereocenters. The minimum Gasteiger partial charge on any atom is -0.353 e. The van der Waals surface area contributed by atoms with E-state index in [9.17, 15) is 9.59 Å². The van der Waals surface area contributed by atoms with Crippen LogP contribution in [0.4, 0.5) is 0 Å². The van der Waals surface area contributed by atoms with Crippen LogP contribution >= 0.6 is 0 Å². The molecular formula is C20H25N3O2. The number of nitrogens with zero attached hydrogens (tertiary/aromatic N) is 2. The Morgan fingerprint density at radius 2 is 1.92 bits per heavy atom. The fourth-order valence-corrected chi connectivity index (χ4v) is 3.41. The molecule has 25 heavy (non-hydrogen) atoms. The largest absolute Gasteiger partial charge is 0.353 e. The molecule has 1 N–H and O–H groups in total. The zero-order valence-corrected chi connectivity index (χ0v) is 15.0. The molecule has 1 saturated heterocycles. The maximum absolute atomic E-state index is 13.1. The van der Waals surface area contributed by atoms with E-state index in [2.05, 4.69) is 19.2 Å². The van der Waals surface area contributed by atoms with E-state index in [-0.39, 0.29) is 11.8 Å². The third kappa shape index (κ3) is 3.45. The van der Waals surface area contributed by atoms with Gasteiger partial charge in [0.25, 0.3) is 5.91 Å². The maximum atomic E-state index is 13.1. The van der Waals surface area contributed by atoms with E-state index in [1.54, 1.807) is 4.90 Å². The summed E-state index contributed by atoms with van der Waals surface area (Å²) in [6.07, 6.45) is 0.674. The van der Waals surface area contributed by atoms with Crippen LogP contribution in [0.2, 0.25) is 0 Å². The van der Waals surface area contributed by atoms with Crippen molar-refractivity contribution in [1.82, 2.24) is 14.8 Å². The Morgan fingerprint density at radius 1 is 1.20 bits per heavy atom. The first-order valence-corrected chi connectivity index (χ1v) is 8.79. The molecule has 2 amide bonds. The SMILES string of the molecule is CC(C)CC1C(=O)NCCN1C(=O)c1ccc(-c2ccccc2)n1C. The topological polar surface area (TPSA) is 54.3 Å². The Hall–Kier alpha value is -2.56. The lowest BCUT2D eigenvalue weighted by atomic mass is 9.99. The van der Waals surface area contributed by atoms with Crippen LogP contribution in [0.1, 0.15) is 30.8 Å². The molecular weight excluding hydrogens is 314 g/mol. The van der Waals surface area contributed by atoms with Gasteiger partial charge in [-0.1, -0.05) is 44.2 Å². The number of benzene rings is 1.